The summed E-state index contributed by atoms with van der Waals surface area (Å²) < 4.78 is 5.82. The van der Waals surface area contributed by atoms with E-state index in [2.05, 4.69) is 25.8 Å². The zero-order chi connectivity index (χ0) is 26.8. The molecule has 0 bridgehead atoms. The number of benzene rings is 1. The van der Waals surface area contributed by atoms with Crippen LogP contribution in [0.25, 0.3) is 0 Å². The average molecular weight is 515 g/mol. The third kappa shape index (κ3) is 5.67. The minimum atomic E-state index is -1.18. The van der Waals surface area contributed by atoms with Crippen LogP contribution in [0.3, 0.4) is 0 Å². The van der Waals surface area contributed by atoms with Gasteiger partial charge in [-0.25, -0.2) is 9.78 Å². The van der Waals surface area contributed by atoms with Crippen molar-refractivity contribution in [1.29, 1.82) is 0 Å². The molecule has 6 nitrogen and oxygen atoms in total. The molecule has 7 heteroatoms. The Morgan fingerprint density at radius 3 is 2.42 bits per heavy atom. The maximum Gasteiger partial charge on any atom is 0.332 e. The van der Waals surface area contributed by atoms with Crippen molar-refractivity contribution in [3.63, 3.8) is 0 Å². The highest BCUT2D eigenvalue weighted by Crippen LogP contribution is 2.51. The highest BCUT2D eigenvalue weighted by molar-refractivity contribution is 7.09. The van der Waals surface area contributed by atoms with Crippen LogP contribution in [0.5, 0.6) is 0 Å². The molecule has 1 aliphatic rings. The van der Waals surface area contributed by atoms with Crippen LogP contribution < -0.4 is 0 Å². The van der Waals surface area contributed by atoms with E-state index in [1.54, 1.807) is 11.1 Å². The summed E-state index contributed by atoms with van der Waals surface area (Å²) >= 11 is 1.45. The first kappa shape index (κ1) is 28.3. The topological polar surface area (TPSA) is 79.7 Å². The maximum absolute atomic E-state index is 14.4. The number of nitrogens with zero attached hydrogens (tertiary/aromatic N) is 2. The van der Waals surface area contributed by atoms with E-state index in [-0.39, 0.29) is 42.3 Å². The highest BCUT2D eigenvalue weighted by Gasteiger charge is 2.60. The molecule has 1 saturated heterocycles. The van der Waals surface area contributed by atoms with Gasteiger partial charge in [0.1, 0.15) is 10.5 Å². The number of hydrogen-bond donors (Lipinski definition) is 1. The van der Waals surface area contributed by atoms with Crippen LogP contribution in [0, 0.1) is 24.7 Å². The Hall–Kier alpha value is -2.25. The lowest BCUT2D eigenvalue weighted by Gasteiger charge is -2.40. The minimum absolute atomic E-state index is 0.0488. The molecule has 1 aromatic heterocycles. The Morgan fingerprint density at radius 1 is 1.22 bits per heavy atom. The number of carbonyl (C=O) groups is 2. The summed E-state index contributed by atoms with van der Waals surface area (Å²) in [7, 11) is 0. The van der Waals surface area contributed by atoms with Crippen molar-refractivity contribution in [2.75, 3.05) is 13.2 Å². The van der Waals surface area contributed by atoms with Gasteiger partial charge in [0.05, 0.1) is 12.6 Å². The molecule has 198 valence electrons. The van der Waals surface area contributed by atoms with Crippen LogP contribution in [0.15, 0.2) is 29.8 Å². The van der Waals surface area contributed by atoms with Crippen molar-refractivity contribution >= 4 is 23.2 Å². The SMILES string of the molecule is Cc1cc(C(=O)N2C(c3nccs3)C(CO)CC2(CC(C)C)C(=O)OCC(C)C)ccc1C(C)(C)C. The first-order valence-electron chi connectivity index (χ1n) is 12.9. The van der Waals surface area contributed by atoms with E-state index in [0.29, 0.717) is 18.4 Å². The zero-order valence-corrected chi connectivity index (χ0v) is 23.8. The molecule has 1 amide bonds. The number of esters is 1. The van der Waals surface area contributed by atoms with E-state index in [9.17, 15) is 14.7 Å². The molecule has 3 atom stereocenters. The fourth-order valence-corrected chi connectivity index (χ4v) is 6.39. The molecule has 1 aliphatic heterocycles. The van der Waals surface area contributed by atoms with Gasteiger partial charge in [0.2, 0.25) is 0 Å². The standard InChI is InChI=1S/C29H42N2O4S/c1-18(2)14-29(27(34)35-17-19(3)4)15-22(16-32)24(25-30-11-12-36-25)31(29)26(33)21-9-10-23(20(5)13-21)28(6,7)8/h9-13,18-19,22,24,32H,14-17H2,1-8H3. The molecule has 36 heavy (non-hydrogen) atoms. The quantitative estimate of drug-likeness (QED) is 0.442. The Kier molecular flexibility index (Phi) is 8.67. The molecule has 0 aliphatic carbocycles. The largest absolute Gasteiger partial charge is 0.464 e. The number of carbonyl (C=O) groups excluding carboxylic acids is 2. The number of hydrogen-bond acceptors (Lipinski definition) is 6. The molecule has 0 spiro atoms. The number of aliphatic hydroxyl groups excluding tert-OH is 1. The van der Waals surface area contributed by atoms with Gasteiger partial charge in [-0.1, -0.05) is 54.5 Å². The summed E-state index contributed by atoms with van der Waals surface area (Å²) in [4.78, 5) is 34.5. The van der Waals surface area contributed by atoms with E-state index in [0.717, 1.165) is 10.6 Å². The third-order valence-corrected chi connectivity index (χ3v) is 7.74. The van der Waals surface area contributed by atoms with Crippen molar-refractivity contribution in [3.8, 4) is 0 Å². The number of aromatic nitrogens is 1. The smallest absolute Gasteiger partial charge is 0.332 e. The first-order chi connectivity index (χ1) is 16.8. The van der Waals surface area contributed by atoms with Gasteiger partial charge in [-0.05, 0) is 60.3 Å². The molecule has 3 unspecified atom stereocenters. The van der Waals surface area contributed by atoms with Gasteiger partial charge in [-0.3, -0.25) is 4.79 Å². The summed E-state index contributed by atoms with van der Waals surface area (Å²) in [5.41, 5.74) is 1.52. The van der Waals surface area contributed by atoms with E-state index in [1.807, 2.05) is 58.2 Å². The highest BCUT2D eigenvalue weighted by atomic mass is 32.1. The number of thiazole rings is 1. The predicted octanol–water partition coefficient (Wildman–Crippen LogP) is 5.93. The van der Waals surface area contributed by atoms with Crippen molar-refractivity contribution in [2.24, 2.45) is 17.8 Å². The lowest BCUT2D eigenvalue weighted by atomic mass is 9.82. The van der Waals surface area contributed by atoms with Crippen molar-refractivity contribution in [1.82, 2.24) is 9.88 Å². The maximum atomic E-state index is 14.4. The van der Waals surface area contributed by atoms with Gasteiger partial charge >= 0.3 is 5.97 Å². The van der Waals surface area contributed by atoms with E-state index < -0.39 is 17.6 Å². The molecule has 3 rings (SSSR count). The van der Waals surface area contributed by atoms with Crippen LogP contribution in [0.4, 0.5) is 0 Å². The molecule has 0 radical (unpaired) electrons. The molecule has 2 aromatic rings. The third-order valence-electron chi connectivity index (χ3n) is 6.90. The molecule has 0 saturated carbocycles. The summed E-state index contributed by atoms with van der Waals surface area (Å²) in [5, 5.41) is 13.0. The second kappa shape index (κ2) is 11.0. The fourth-order valence-electron chi connectivity index (χ4n) is 5.57. The molecule has 1 N–H and O–H groups in total. The minimum Gasteiger partial charge on any atom is -0.464 e. The Balaban J connectivity index is 2.18. The number of aryl methyl sites for hydroxylation is 1. The number of likely N-dealkylation sites (tertiary alicyclic amines) is 1. The van der Waals surface area contributed by atoms with Crippen LogP contribution in [0.1, 0.15) is 93.8 Å². The van der Waals surface area contributed by atoms with Crippen LogP contribution in [-0.2, 0) is 14.9 Å². The molecule has 1 aromatic carbocycles. The number of amides is 1. The molecular weight excluding hydrogens is 472 g/mol. The van der Waals surface area contributed by atoms with E-state index in [1.165, 1.54) is 16.9 Å². The van der Waals surface area contributed by atoms with E-state index in [4.69, 9.17) is 4.74 Å². The monoisotopic (exact) mass is 514 g/mol. The second-order valence-corrected chi connectivity index (χ2v) is 13.0. The van der Waals surface area contributed by atoms with Crippen LogP contribution in [0.2, 0.25) is 0 Å². The van der Waals surface area contributed by atoms with Gasteiger partial charge in [-0.2, -0.15) is 0 Å². The van der Waals surface area contributed by atoms with Gasteiger partial charge in [-0.15, -0.1) is 11.3 Å². The number of aliphatic hydroxyl groups is 1. The Morgan fingerprint density at radius 2 is 1.92 bits per heavy atom. The van der Waals surface area contributed by atoms with Gasteiger partial charge in [0.25, 0.3) is 5.91 Å². The lowest BCUT2D eigenvalue weighted by molar-refractivity contribution is -0.158. The predicted molar refractivity (Wildman–Crippen MR) is 144 cm³/mol. The van der Waals surface area contributed by atoms with Crippen molar-refractivity contribution in [2.45, 2.75) is 85.2 Å². The van der Waals surface area contributed by atoms with Crippen LogP contribution in [-0.4, -0.2) is 45.6 Å². The Bertz CT molecular complexity index is 1060. The number of rotatable bonds is 8. The van der Waals surface area contributed by atoms with Crippen molar-refractivity contribution in [3.05, 3.63) is 51.5 Å². The van der Waals surface area contributed by atoms with Crippen molar-refractivity contribution < 1.29 is 19.4 Å². The lowest BCUT2D eigenvalue weighted by Crippen LogP contribution is -2.55. The summed E-state index contributed by atoms with van der Waals surface area (Å²) in [6.07, 6.45) is 2.50. The summed E-state index contributed by atoms with van der Waals surface area (Å²) in [6.45, 7) is 16.7. The normalized spacial score (nSPS) is 22.5. The van der Waals surface area contributed by atoms with Gasteiger partial charge in [0.15, 0.2) is 0 Å². The first-order valence-corrected chi connectivity index (χ1v) is 13.8. The van der Waals surface area contributed by atoms with Gasteiger partial charge < -0.3 is 14.7 Å². The molecular formula is C29H42N2O4S. The zero-order valence-electron chi connectivity index (χ0n) is 23.0. The second-order valence-electron chi connectivity index (χ2n) is 12.0. The Labute approximate surface area is 220 Å². The van der Waals surface area contributed by atoms with E-state index >= 15 is 0 Å². The summed E-state index contributed by atoms with van der Waals surface area (Å²) in [6, 6.07) is 5.30. The average Bonchev–Trinajstić information content (AvgIpc) is 3.42. The van der Waals surface area contributed by atoms with Crippen LogP contribution >= 0.6 is 11.3 Å². The fraction of sp³-hybridized carbons (Fsp3) is 0.621. The van der Waals surface area contributed by atoms with Gasteiger partial charge in [0, 0.05) is 29.7 Å². The molecule has 2 heterocycles. The summed E-state index contributed by atoms with van der Waals surface area (Å²) in [5.74, 6) is -0.631. The molecule has 1 fully saturated rings. The number of ether oxygens (including phenoxy) is 1.